The van der Waals surface area contributed by atoms with Crippen LogP contribution in [0.3, 0.4) is 0 Å². The van der Waals surface area contributed by atoms with Gasteiger partial charge in [-0.2, -0.15) is 0 Å². The lowest BCUT2D eigenvalue weighted by molar-refractivity contribution is 0.102. The predicted octanol–water partition coefficient (Wildman–Crippen LogP) is 4.09. The van der Waals surface area contributed by atoms with Gasteiger partial charge in [-0.15, -0.1) is 5.10 Å². The zero-order valence-electron chi connectivity index (χ0n) is 14.5. The molecule has 2 aromatic heterocycles. The molecule has 1 amide bonds. The van der Waals surface area contributed by atoms with Crippen LogP contribution in [-0.2, 0) is 0 Å². The van der Waals surface area contributed by atoms with Gasteiger partial charge in [-0.1, -0.05) is 41.5 Å². The number of aromatic nitrogens is 4. The second-order valence-electron chi connectivity index (χ2n) is 6.12. The van der Waals surface area contributed by atoms with E-state index < -0.39 is 5.91 Å². The van der Waals surface area contributed by atoms with E-state index in [-0.39, 0.29) is 6.01 Å². The number of amides is 1. The van der Waals surface area contributed by atoms with Gasteiger partial charge in [0, 0.05) is 5.56 Å². The van der Waals surface area contributed by atoms with E-state index in [1.165, 1.54) is 0 Å². The predicted molar refractivity (Wildman–Crippen MR) is 105 cm³/mol. The van der Waals surface area contributed by atoms with Crippen LogP contribution >= 0.6 is 0 Å². The normalized spacial score (nSPS) is 11.0. The maximum Gasteiger partial charge on any atom is 0.322 e. The van der Waals surface area contributed by atoms with Crippen LogP contribution in [0.1, 0.15) is 10.4 Å². The first-order valence-corrected chi connectivity index (χ1v) is 8.64. The minimum absolute atomic E-state index is 0.0228. The zero-order valence-corrected chi connectivity index (χ0v) is 14.5. The molecular weight excluding hydrogens is 354 g/mol. The van der Waals surface area contributed by atoms with Crippen molar-refractivity contribution in [1.29, 1.82) is 0 Å². The minimum atomic E-state index is -0.390. The Hall–Kier alpha value is -4.13. The maximum atomic E-state index is 12.8. The largest absolute Gasteiger partial charge is 0.403 e. The highest BCUT2D eigenvalue weighted by molar-refractivity contribution is 6.11. The molecule has 0 bridgehead atoms. The maximum absolute atomic E-state index is 12.8. The third-order valence-corrected chi connectivity index (χ3v) is 4.28. The number of para-hydroxylation sites is 3. The van der Waals surface area contributed by atoms with Gasteiger partial charge in [-0.25, -0.2) is 9.97 Å². The van der Waals surface area contributed by atoms with Crippen molar-refractivity contribution in [2.24, 2.45) is 0 Å². The van der Waals surface area contributed by atoms with Crippen LogP contribution < -0.4 is 5.32 Å². The Bertz CT molecular complexity index is 1310. The Morgan fingerprint density at radius 1 is 0.750 bits per heavy atom. The Labute approximate surface area is 159 Å². The summed E-state index contributed by atoms with van der Waals surface area (Å²) in [4.78, 5) is 22.0. The highest BCUT2D eigenvalue weighted by Crippen LogP contribution is 2.22. The number of anilines is 1. The van der Waals surface area contributed by atoms with E-state index in [1.807, 2.05) is 60.7 Å². The van der Waals surface area contributed by atoms with Crippen molar-refractivity contribution in [3.63, 3.8) is 0 Å². The molecule has 0 spiro atoms. The summed E-state index contributed by atoms with van der Waals surface area (Å²) in [5.74, 6) is -0.0574. The quantitative estimate of drug-likeness (QED) is 0.483. The SMILES string of the molecule is O=C(Nc1nnc(-c2ccccc2)o1)c1cccc2nc3ccccc3nc12. The number of hydrogen-bond donors (Lipinski definition) is 1. The molecule has 0 radical (unpaired) electrons. The highest BCUT2D eigenvalue weighted by Gasteiger charge is 2.16. The molecule has 0 aliphatic rings. The number of carbonyl (C=O) groups is 1. The number of nitrogens with one attached hydrogen (secondary N) is 1. The van der Waals surface area contributed by atoms with Gasteiger partial charge in [0.1, 0.15) is 5.52 Å². The molecule has 2 heterocycles. The molecule has 5 aromatic rings. The summed E-state index contributed by atoms with van der Waals surface area (Å²) >= 11 is 0. The Balaban J connectivity index is 1.49. The molecule has 1 N–H and O–H groups in total. The van der Waals surface area contributed by atoms with Gasteiger partial charge in [0.2, 0.25) is 5.89 Å². The van der Waals surface area contributed by atoms with E-state index in [4.69, 9.17) is 4.42 Å². The van der Waals surface area contributed by atoms with Crippen molar-refractivity contribution >= 4 is 34.0 Å². The minimum Gasteiger partial charge on any atom is -0.403 e. The lowest BCUT2D eigenvalue weighted by Crippen LogP contribution is -2.13. The smallest absolute Gasteiger partial charge is 0.322 e. The van der Waals surface area contributed by atoms with E-state index in [0.717, 1.165) is 16.6 Å². The summed E-state index contributed by atoms with van der Waals surface area (Å²) in [6, 6.07) is 22.2. The van der Waals surface area contributed by atoms with E-state index in [2.05, 4.69) is 25.5 Å². The Kier molecular flexibility index (Phi) is 3.76. The number of benzene rings is 3. The zero-order chi connectivity index (χ0) is 18.9. The van der Waals surface area contributed by atoms with Gasteiger partial charge in [0.25, 0.3) is 5.91 Å². The van der Waals surface area contributed by atoms with Gasteiger partial charge in [-0.05, 0) is 36.4 Å². The third kappa shape index (κ3) is 2.84. The van der Waals surface area contributed by atoms with Crippen LogP contribution in [0.4, 0.5) is 6.01 Å². The molecule has 0 aliphatic carbocycles. The molecule has 7 heteroatoms. The monoisotopic (exact) mass is 367 g/mol. The van der Waals surface area contributed by atoms with Crippen LogP contribution in [0.5, 0.6) is 0 Å². The molecule has 0 fully saturated rings. The first-order valence-electron chi connectivity index (χ1n) is 8.64. The molecule has 0 atom stereocenters. The van der Waals surface area contributed by atoms with E-state index in [9.17, 15) is 4.79 Å². The Morgan fingerprint density at radius 2 is 1.46 bits per heavy atom. The average Bonchev–Trinajstić information content (AvgIpc) is 3.21. The average molecular weight is 367 g/mol. The molecule has 3 aromatic carbocycles. The summed E-state index contributed by atoms with van der Waals surface area (Å²) in [6.07, 6.45) is 0. The topological polar surface area (TPSA) is 93.8 Å². The molecule has 28 heavy (non-hydrogen) atoms. The summed E-state index contributed by atoms with van der Waals surface area (Å²) < 4.78 is 5.55. The number of nitrogens with zero attached hydrogens (tertiary/aromatic N) is 4. The first kappa shape index (κ1) is 16.1. The van der Waals surface area contributed by atoms with Gasteiger partial charge >= 0.3 is 6.01 Å². The lowest BCUT2D eigenvalue weighted by atomic mass is 10.1. The summed E-state index contributed by atoms with van der Waals surface area (Å²) in [6.45, 7) is 0. The van der Waals surface area contributed by atoms with E-state index in [1.54, 1.807) is 12.1 Å². The summed E-state index contributed by atoms with van der Waals surface area (Å²) in [5.41, 5.74) is 3.81. The molecule has 0 aliphatic heterocycles. The van der Waals surface area contributed by atoms with Crippen LogP contribution in [0.2, 0.25) is 0 Å². The molecule has 0 unspecified atom stereocenters. The molecule has 5 rings (SSSR count). The van der Waals surface area contributed by atoms with Crippen LogP contribution in [-0.4, -0.2) is 26.1 Å². The van der Waals surface area contributed by atoms with Crippen LogP contribution in [0.15, 0.2) is 77.2 Å². The fourth-order valence-corrected chi connectivity index (χ4v) is 2.96. The summed E-state index contributed by atoms with van der Waals surface area (Å²) in [5, 5.41) is 10.5. The second kappa shape index (κ2) is 6.55. The van der Waals surface area contributed by atoms with Gasteiger partial charge in [0.15, 0.2) is 0 Å². The van der Waals surface area contributed by atoms with Gasteiger partial charge in [-0.3, -0.25) is 10.1 Å². The van der Waals surface area contributed by atoms with Crippen molar-refractivity contribution < 1.29 is 9.21 Å². The lowest BCUT2D eigenvalue weighted by Gasteiger charge is -2.06. The van der Waals surface area contributed by atoms with Crippen LogP contribution in [0.25, 0.3) is 33.5 Å². The van der Waals surface area contributed by atoms with Crippen molar-refractivity contribution in [1.82, 2.24) is 20.2 Å². The summed E-state index contributed by atoms with van der Waals surface area (Å²) in [7, 11) is 0. The highest BCUT2D eigenvalue weighted by atomic mass is 16.4. The van der Waals surface area contributed by atoms with Gasteiger partial charge < -0.3 is 4.42 Å². The van der Waals surface area contributed by atoms with Crippen molar-refractivity contribution in [2.45, 2.75) is 0 Å². The van der Waals surface area contributed by atoms with Crippen molar-refractivity contribution in [3.8, 4) is 11.5 Å². The number of hydrogen-bond acceptors (Lipinski definition) is 6. The van der Waals surface area contributed by atoms with Crippen LogP contribution in [0, 0.1) is 0 Å². The molecule has 0 saturated carbocycles. The first-order chi connectivity index (χ1) is 13.8. The second-order valence-corrected chi connectivity index (χ2v) is 6.12. The Morgan fingerprint density at radius 3 is 2.29 bits per heavy atom. The number of rotatable bonds is 3. The standard InChI is InChI=1S/C21H13N5O2/c27-19(24-21-26-25-20(28-21)13-7-2-1-3-8-13)14-9-6-12-17-18(14)23-16-11-5-4-10-15(16)22-17/h1-12H,(H,24,26,27). The van der Waals surface area contributed by atoms with E-state index >= 15 is 0 Å². The van der Waals surface area contributed by atoms with Crippen molar-refractivity contribution in [2.75, 3.05) is 5.32 Å². The number of fused-ring (bicyclic) bond motifs is 2. The molecule has 7 nitrogen and oxygen atoms in total. The third-order valence-electron chi connectivity index (χ3n) is 4.28. The number of carbonyl (C=O) groups excluding carboxylic acids is 1. The molecule has 134 valence electrons. The fourth-order valence-electron chi connectivity index (χ4n) is 2.96. The van der Waals surface area contributed by atoms with Gasteiger partial charge in [0.05, 0.1) is 22.1 Å². The van der Waals surface area contributed by atoms with Crippen molar-refractivity contribution in [3.05, 3.63) is 78.4 Å². The fraction of sp³-hybridized carbons (Fsp3) is 0. The van der Waals surface area contributed by atoms with E-state index in [0.29, 0.717) is 22.5 Å². The molecule has 0 saturated heterocycles. The molecular formula is C21H13N5O2.